The normalized spacial score (nSPS) is 20.2. The quantitative estimate of drug-likeness (QED) is 0.330. The number of aryl methyl sites for hydroxylation is 1. The Bertz CT molecular complexity index is 1730. The summed E-state index contributed by atoms with van der Waals surface area (Å²) < 4.78 is 93.8. The van der Waals surface area contributed by atoms with Crippen LogP contribution in [0.25, 0.3) is 11.1 Å². The Hall–Kier alpha value is -3.30. The zero-order valence-corrected chi connectivity index (χ0v) is 22.5. The van der Waals surface area contributed by atoms with E-state index in [-0.39, 0.29) is 35.2 Å². The molecule has 2 aromatic carbocycles. The number of hydrogen-bond acceptors (Lipinski definition) is 8. The summed E-state index contributed by atoms with van der Waals surface area (Å²) in [7, 11) is -4.38. The molecule has 4 aromatic rings. The first-order chi connectivity index (χ1) is 19.0. The maximum atomic E-state index is 15.1. The van der Waals surface area contributed by atoms with Crippen LogP contribution >= 0.6 is 11.5 Å². The molecule has 6 rings (SSSR count). The van der Waals surface area contributed by atoms with Crippen molar-refractivity contribution >= 4 is 37.8 Å². The summed E-state index contributed by atoms with van der Waals surface area (Å²) in [6.07, 6.45) is -0.960. The van der Waals surface area contributed by atoms with E-state index in [1.165, 1.54) is 4.57 Å². The topological polar surface area (TPSA) is 110 Å². The molecule has 3 heterocycles. The van der Waals surface area contributed by atoms with Crippen molar-refractivity contribution in [1.82, 2.24) is 18.8 Å². The van der Waals surface area contributed by atoms with E-state index in [1.54, 1.807) is 11.0 Å². The van der Waals surface area contributed by atoms with Crippen molar-refractivity contribution in [2.45, 2.75) is 61.8 Å². The van der Waals surface area contributed by atoms with Crippen LogP contribution in [0.4, 0.5) is 22.7 Å². The molecule has 2 aliphatic rings. The van der Waals surface area contributed by atoms with Gasteiger partial charge in [0.1, 0.15) is 23.1 Å². The summed E-state index contributed by atoms with van der Waals surface area (Å²) in [5.41, 5.74) is 2.51. The van der Waals surface area contributed by atoms with E-state index in [2.05, 4.69) is 14.1 Å². The molecule has 40 heavy (non-hydrogen) atoms. The van der Waals surface area contributed by atoms with E-state index in [0.29, 0.717) is 37.8 Å². The Kier molecular flexibility index (Phi) is 6.70. The van der Waals surface area contributed by atoms with Crippen LogP contribution in [0.3, 0.4) is 0 Å². The standard InChI is InChI=1S/C25H23F4N5O4S2/c26-18-10-19-20(11-21(18)40(36,37)32-23-30-13-31-39-23)38-24(35)34(19)12-15-4-1-3-14-6-7-16(9-17(14)15)33-8-2-5-22(33)25(27,28)29/h1,3-4,10-11,13,16,22H,2,5-9,12H2,(H,30,31,32). The van der Waals surface area contributed by atoms with Crippen LogP contribution in [0.1, 0.15) is 36.0 Å². The van der Waals surface area contributed by atoms with Gasteiger partial charge in [0.2, 0.25) is 5.13 Å². The molecule has 2 atom stereocenters. The average Bonchev–Trinajstić information content (AvgIpc) is 3.65. The molecule has 1 N–H and O–H groups in total. The van der Waals surface area contributed by atoms with Crippen LogP contribution in [-0.2, 0) is 29.4 Å². The first-order valence-electron chi connectivity index (χ1n) is 12.6. The predicted molar refractivity (Wildman–Crippen MR) is 138 cm³/mol. The lowest BCUT2D eigenvalue weighted by Gasteiger charge is -2.37. The van der Waals surface area contributed by atoms with Crippen molar-refractivity contribution < 1.29 is 30.4 Å². The van der Waals surface area contributed by atoms with Gasteiger partial charge in [0.05, 0.1) is 12.1 Å². The number of nitrogens with one attached hydrogen (secondary N) is 1. The second-order valence-corrected chi connectivity index (χ2v) is 12.4. The fourth-order valence-corrected chi connectivity index (χ4v) is 7.57. The molecule has 2 unspecified atom stereocenters. The molecule has 212 valence electrons. The summed E-state index contributed by atoms with van der Waals surface area (Å²) >= 11 is 0.772. The number of fused-ring (bicyclic) bond motifs is 2. The Morgan fingerprint density at radius 1 is 1.20 bits per heavy atom. The van der Waals surface area contributed by atoms with E-state index < -0.39 is 38.7 Å². The minimum Gasteiger partial charge on any atom is -0.408 e. The molecule has 1 fully saturated rings. The van der Waals surface area contributed by atoms with Crippen molar-refractivity contribution in [2.75, 3.05) is 11.3 Å². The monoisotopic (exact) mass is 597 g/mol. The molecule has 1 aliphatic carbocycles. The van der Waals surface area contributed by atoms with Crippen molar-refractivity contribution in [2.24, 2.45) is 0 Å². The minimum atomic E-state index is -4.38. The molecule has 1 aliphatic heterocycles. The van der Waals surface area contributed by atoms with Crippen LogP contribution in [0.15, 0.2) is 50.8 Å². The lowest BCUT2D eigenvalue weighted by molar-refractivity contribution is -0.181. The smallest absolute Gasteiger partial charge is 0.408 e. The van der Waals surface area contributed by atoms with Gasteiger partial charge in [-0.1, -0.05) is 18.2 Å². The number of sulfonamides is 1. The molecule has 0 amide bonds. The molecular weight excluding hydrogens is 574 g/mol. The Morgan fingerprint density at radius 2 is 2.02 bits per heavy atom. The third-order valence-electron chi connectivity index (χ3n) is 7.62. The number of oxazole rings is 1. The zero-order valence-electron chi connectivity index (χ0n) is 20.8. The fraction of sp³-hybridized carbons (Fsp3) is 0.400. The highest BCUT2D eigenvalue weighted by Crippen LogP contribution is 2.38. The van der Waals surface area contributed by atoms with Crippen molar-refractivity contribution in [1.29, 1.82) is 0 Å². The van der Waals surface area contributed by atoms with Gasteiger partial charge in [-0.25, -0.2) is 22.6 Å². The molecular formula is C25H23F4N5O4S2. The van der Waals surface area contributed by atoms with E-state index in [0.717, 1.165) is 41.1 Å². The Balaban J connectivity index is 1.31. The number of halogens is 4. The van der Waals surface area contributed by atoms with E-state index in [4.69, 9.17) is 4.42 Å². The molecule has 0 spiro atoms. The van der Waals surface area contributed by atoms with Gasteiger partial charge in [0, 0.05) is 29.7 Å². The highest BCUT2D eigenvalue weighted by atomic mass is 32.2. The van der Waals surface area contributed by atoms with Crippen molar-refractivity contribution in [3.05, 3.63) is 69.7 Å². The molecule has 9 nitrogen and oxygen atoms in total. The maximum Gasteiger partial charge on any atom is 0.420 e. The second kappa shape index (κ2) is 9.96. The van der Waals surface area contributed by atoms with Gasteiger partial charge >= 0.3 is 11.9 Å². The average molecular weight is 598 g/mol. The summed E-state index contributed by atoms with van der Waals surface area (Å²) in [6, 6.07) is 5.66. The van der Waals surface area contributed by atoms with Gasteiger partial charge < -0.3 is 4.42 Å². The van der Waals surface area contributed by atoms with Gasteiger partial charge in [-0.05, 0) is 55.3 Å². The molecule has 2 aromatic heterocycles. The van der Waals surface area contributed by atoms with Crippen LogP contribution in [0, 0.1) is 5.82 Å². The summed E-state index contributed by atoms with van der Waals surface area (Å²) in [5, 5.41) is -0.0545. The fourth-order valence-electron chi connectivity index (χ4n) is 5.83. The largest absolute Gasteiger partial charge is 0.420 e. The summed E-state index contributed by atoms with van der Waals surface area (Å²) in [4.78, 5) is 17.4. The van der Waals surface area contributed by atoms with Crippen molar-refractivity contribution in [3.8, 4) is 0 Å². The number of likely N-dealkylation sites (tertiary alicyclic amines) is 1. The third kappa shape index (κ3) is 4.90. The SMILES string of the molecule is O=c1oc2cc(S(=O)(=O)Nc3ncns3)c(F)cc2n1Cc1cccc2c1CC(N1CCCC1C(F)(F)F)CC2. The van der Waals surface area contributed by atoms with Crippen LogP contribution < -0.4 is 10.5 Å². The van der Waals surface area contributed by atoms with Crippen molar-refractivity contribution in [3.63, 3.8) is 0 Å². The number of rotatable bonds is 6. The number of anilines is 1. The van der Waals surface area contributed by atoms with Gasteiger partial charge in [0.15, 0.2) is 5.58 Å². The van der Waals surface area contributed by atoms with Gasteiger partial charge in [-0.15, -0.1) is 0 Å². The van der Waals surface area contributed by atoms with Crippen LogP contribution in [0.5, 0.6) is 0 Å². The maximum absolute atomic E-state index is 15.1. The lowest BCUT2D eigenvalue weighted by Crippen LogP contribution is -2.48. The first kappa shape index (κ1) is 26.9. The predicted octanol–water partition coefficient (Wildman–Crippen LogP) is 4.32. The Labute approximate surface area is 229 Å². The van der Waals surface area contributed by atoms with Crippen LogP contribution in [-0.4, -0.2) is 52.0 Å². The first-order valence-corrected chi connectivity index (χ1v) is 14.8. The second-order valence-electron chi connectivity index (χ2n) is 9.95. The zero-order chi connectivity index (χ0) is 28.2. The number of alkyl halides is 3. The molecule has 15 heteroatoms. The van der Waals surface area contributed by atoms with Gasteiger partial charge in [-0.2, -0.15) is 17.5 Å². The van der Waals surface area contributed by atoms with E-state index >= 15 is 4.39 Å². The lowest BCUT2D eigenvalue weighted by atomic mass is 9.84. The molecule has 0 saturated carbocycles. The van der Waals surface area contributed by atoms with Gasteiger partial charge in [-0.3, -0.25) is 14.2 Å². The number of hydrogen-bond donors (Lipinski definition) is 1. The van der Waals surface area contributed by atoms with E-state index in [9.17, 15) is 26.4 Å². The van der Waals surface area contributed by atoms with Gasteiger partial charge in [0.25, 0.3) is 10.0 Å². The third-order valence-corrected chi connectivity index (χ3v) is 9.68. The number of aromatic nitrogens is 3. The molecule has 0 bridgehead atoms. The van der Waals surface area contributed by atoms with E-state index in [1.807, 2.05) is 12.1 Å². The molecule has 1 saturated heterocycles. The number of benzene rings is 2. The summed E-state index contributed by atoms with van der Waals surface area (Å²) in [5.74, 6) is -1.91. The highest BCUT2D eigenvalue weighted by molar-refractivity contribution is 7.93. The Morgan fingerprint density at radius 3 is 2.77 bits per heavy atom. The van der Waals surface area contributed by atoms with Crippen LogP contribution in [0.2, 0.25) is 0 Å². The number of nitrogens with zero attached hydrogens (tertiary/aromatic N) is 4. The highest BCUT2D eigenvalue weighted by Gasteiger charge is 2.48. The molecule has 0 radical (unpaired) electrons. The minimum absolute atomic E-state index is 0.0149. The summed E-state index contributed by atoms with van der Waals surface area (Å²) in [6.45, 7) is 0.371.